The molecule has 0 saturated carbocycles. The van der Waals surface area contributed by atoms with Crippen molar-refractivity contribution in [2.45, 2.75) is 6.42 Å². The fraction of sp³-hybridized carbons (Fsp3) is 0.0500. The van der Waals surface area contributed by atoms with E-state index in [2.05, 4.69) is 53.0 Å². The van der Waals surface area contributed by atoms with Gasteiger partial charge in [-0.15, -0.1) is 0 Å². The number of hydrazone groups is 1. The Morgan fingerprint density at radius 2 is 1.55 bits per heavy atom. The maximum atomic E-state index is 4.31. The zero-order valence-corrected chi connectivity index (χ0v) is 12.2. The van der Waals surface area contributed by atoms with E-state index >= 15 is 0 Å². The van der Waals surface area contributed by atoms with Crippen LogP contribution in [0.2, 0.25) is 0 Å². The van der Waals surface area contributed by atoms with Gasteiger partial charge in [0.25, 0.3) is 0 Å². The molecule has 106 valence electrons. The molecule has 1 aliphatic rings. The average Bonchev–Trinajstić information content (AvgIpc) is 2.93. The lowest BCUT2D eigenvalue weighted by atomic mass is 10.0. The molecule has 0 saturated heterocycles. The molecule has 2 nitrogen and oxygen atoms in total. The van der Waals surface area contributed by atoms with Crippen LogP contribution in [-0.4, -0.2) is 6.21 Å². The molecule has 0 spiro atoms. The highest BCUT2D eigenvalue weighted by Crippen LogP contribution is 2.36. The first-order chi connectivity index (χ1) is 10.9. The van der Waals surface area contributed by atoms with Gasteiger partial charge in [0.2, 0.25) is 0 Å². The molecule has 3 aromatic carbocycles. The van der Waals surface area contributed by atoms with Crippen LogP contribution in [-0.2, 0) is 6.42 Å². The quantitative estimate of drug-likeness (QED) is 0.428. The van der Waals surface area contributed by atoms with Crippen molar-refractivity contribution in [1.29, 1.82) is 0 Å². The summed E-state index contributed by atoms with van der Waals surface area (Å²) in [6.07, 6.45) is 2.88. The van der Waals surface area contributed by atoms with Crippen molar-refractivity contribution < 1.29 is 0 Å². The molecule has 0 amide bonds. The Kier molecular flexibility index (Phi) is 3.20. The number of fused-ring (bicyclic) bond motifs is 3. The summed E-state index contributed by atoms with van der Waals surface area (Å²) in [6, 6.07) is 25.1. The van der Waals surface area contributed by atoms with Crippen LogP contribution in [0.1, 0.15) is 16.7 Å². The molecule has 3 aromatic rings. The summed E-state index contributed by atoms with van der Waals surface area (Å²) < 4.78 is 0. The van der Waals surface area contributed by atoms with Gasteiger partial charge in [-0.2, -0.15) is 5.10 Å². The van der Waals surface area contributed by atoms with E-state index in [9.17, 15) is 0 Å². The number of nitrogens with zero attached hydrogens (tertiary/aromatic N) is 1. The highest BCUT2D eigenvalue weighted by atomic mass is 15.3. The lowest BCUT2D eigenvalue weighted by Crippen LogP contribution is -1.91. The molecule has 0 heterocycles. The number of nitrogens with one attached hydrogen (secondary N) is 1. The van der Waals surface area contributed by atoms with Gasteiger partial charge in [-0.25, -0.2) is 0 Å². The van der Waals surface area contributed by atoms with Crippen molar-refractivity contribution in [3.63, 3.8) is 0 Å². The lowest BCUT2D eigenvalue weighted by molar-refractivity contribution is 1.26. The van der Waals surface area contributed by atoms with Crippen LogP contribution in [0, 0.1) is 0 Å². The van der Waals surface area contributed by atoms with Gasteiger partial charge in [-0.1, -0.05) is 54.6 Å². The smallest absolute Gasteiger partial charge is 0.0561 e. The molecular formula is C20H16N2. The van der Waals surface area contributed by atoms with E-state index < -0.39 is 0 Å². The summed E-state index contributed by atoms with van der Waals surface area (Å²) in [5, 5.41) is 4.31. The van der Waals surface area contributed by atoms with Crippen molar-refractivity contribution in [2.24, 2.45) is 5.10 Å². The number of anilines is 1. The van der Waals surface area contributed by atoms with Crippen LogP contribution >= 0.6 is 0 Å². The molecule has 0 radical (unpaired) electrons. The van der Waals surface area contributed by atoms with Crippen molar-refractivity contribution >= 4 is 11.9 Å². The first-order valence-electron chi connectivity index (χ1n) is 7.45. The zero-order valence-electron chi connectivity index (χ0n) is 12.2. The van der Waals surface area contributed by atoms with Gasteiger partial charge in [0, 0.05) is 0 Å². The summed E-state index contributed by atoms with van der Waals surface area (Å²) in [5.41, 5.74) is 10.7. The van der Waals surface area contributed by atoms with Crippen molar-refractivity contribution in [3.8, 4) is 11.1 Å². The predicted octanol–water partition coefficient (Wildman–Crippen LogP) is 4.70. The molecule has 1 N–H and O–H groups in total. The fourth-order valence-corrected chi connectivity index (χ4v) is 2.94. The largest absolute Gasteiger partial charge is 0.279 e. The van der Waals surface area contributed by atoms with Gasteiger partial charge in [-0.3, -0.25) is 5.43 Å². The number of rotatable bonds is 3. The first kappa shape index (κ1) is 12.8. The molecule has 22 heavy (non-hydrogen) atoms. The Morgan fingerprint density at radius 1 is 0.773 bits per heavy atom. The van der Waals surface area contributed by atoms with Gasteiger partial charge in [-0.05, 0) is 52.4 Å². The van der Waals surface area contributed by atoms with E-state index in [1.54, 1.807) is 0 Å². The second-order valence-corrected chi connectivity index (χ2v) is 5.49. The minimum atomic E-state index is 0.993. The number of para-hydroxylation sites is 1. The van der Waals surface area contributed by atoms with Gasteiger partial charge >= 0.3 is 0 Å². The molecule has 1 aliphatic carbocycles. The summed E-state index contributed by atoms with van der Waals surface area (Å²) in [6.45, 7) is 0. The molecule has 0 bridgehead atoms. The molecule has 0 aliphatic heterocycles. The van der Waals surface area contributed by atoms with E-state index in [4.69, 9.17) is 0 Å². The maximum absolute atomic E-state index is 4.31. The summed E-state index contributed by atoms with van der Waals surface area (Å²) in [4.78, 5) is 0. The summed E-state index contributed by atoms with van der Waals surface area (Å²) in [5.74, 6) is 0. The minimum Gasteiger partial charge on any atom is -0.279 e. The number of hydrogen-bond donors (Lipinski definition) is 1. The summed E-state index contributed by atoms with van der Waals surface area (Å²) >= 11 is 0. The van der Waals surface area contributed by atoms with E-state index in [1.807, 2.05) is 36.5 Å². The molecule has 4 rings (SSSR count). The standard InChI is InChI=1S/C20H16N2/c1-2-7-18(8-3-1)22-21-14-15-10-11-20-17(12-15)13-16-6-4-5-9-19(16)20/h1-12,14,22H,13H2/b21-14-. The van der Waals surface area contributed by atoms with Crippen molar-refractivity contribution in [3.05, 3.63) is 89.5 Å². The minimum absolute atomic E-state index is 0.993. The summed E-state index contributed by atoms with van der Waals surface area (Å²) in [7, 11) is 0. The van der Waals surface area contributed by atoms with Crippen LogP contribution in [0.25, 0.3) is 11.1 Å². The zero-order chi connectivity index (χ0) is 14.8. The molecule has 0 unspecified atom stereocenters. The van der Waals surface area contributed by atoms with Crippen LogP contribution in [0.5, 0.6) is 0 Å². The van der Waals surface area contributed by atoms with Crippen molar-refractivity contribution in [2.75, 3.05) is 5.43 Å². The Hall–Kier alpha value is -2.87. The Labute approximate surface area is 130 Å². The monoisotopic (exact) mass is 284 g/mol. The normalized spacial score (nSPS) is 12.2. The fourth-order valence-electron chi connectivity index (χ4n) is 2.94. The predicted molar refractivity (Wildman–Crippen MR) is 92.3 cm³/mol. The van der Waals surface area contributed by atoms with Gasteiger partial charge in [0.1, 0.15) is 0 Å². The Morgan fingerprint density at radius 3 is 2.45 bits per heavy atom. The molecular weight excluding hydrogens is 268 g/mol. The van der Waals surface area contributed by atoms with E-state index in [-0.39, 0.29) is 0 Å². The van der Waals surface area contributed by atoms with Crippen LogP contribution < -0.4 is 5.43 Å². The topological polar surface area (TPSA) is 24.4 Å². The number of hydrogen-bond acceptors (Lipinski definition) is 2. The van der Waals surface area contributed by atoms with Gasteiger partial charge < -0.3 is 0 Å². The van der Waals surface area contributed by atoms with E-state index in [0.717, 1.165) is 17.7 Å². The van der Waals surface area contributed by atoms with E-state index in [1.165, 1.54) is 22.3 Å². The van der Waals surface area contributed by atoms with Crippen LogP contribution in [0.4, 0.5) is 5.69 Å². The second-order valence-electron chi connectivity index (χ2n) is 5.49. The first-order valence-corrected chi connectivity index (χ1v) is 7.45. The van der Waals surface area contributed by atoms with Crippen molar-refractivity contribution in [1.82, 2.24) is 0 Å². The third-order valence-electron chi connectivity index (χ3n) is 4.00. The van der Waals surface area contributed by atoms with Crippen LogP contribution in [0.3, 0.4) is 0 Å². The molecule has 2 heteroatoms. The third kappa shape index (κ3) is 2.40. The Balaban J connectivity index is 1.55. The maximum Gasteiger partial charge on any atom is 0.0561 e. The highest BCUT2D eigenvalue weighted by Gasteiger charge is 2.17. The molecule has 0 aromatic heterocycles. The van der Waals surface area contributed by atoms with Crippen LogP contribution in [0.15, 0.2) is 77.9 Å². The lowest BCUT2D eigenvalue weighted by Gasteiger charge is -2.02. The number of benzene rings is 3. The van der Waals surface area contributed by atoms with Gasteiger partial charge in [0.05, 0.1) is 11.9 Å². The highest BCUT2D eigenvalue weighted by molar-refractivity contribution is 5.85. The average molecular weight is 284 g/mol. The Bertz CT molecular complexity index is 835. The van der Waals surface area contributed by atoms with E-state index in [0.29, 0.717) is 0 Å². The molecule has 0 atom stereocenters. The molecule has 0 fully saturated rings. The third-order valence-corrected chi connectivity index (χ3v) is 4.00. The van der Waals surface area contributed by atoms with Gasteiger partial charge in [0.15, 0.2) is 0 Å². The SMILES string of the molecule is C(=N/Nc1ccccc1)/c1ccc2c(c1)Cc1ccccc1-2. The second kappa shape index (κ2) is 5.49.